The van der Waals surface area contributed by atoms with Crippen molar-refractivity contribution in [2.24, 2.45) is 0 Å². The fraction of sp³-hybridized carbons (Fsp3) is 0.486. The summed E-state index contributed by atoms with van der Waals surface area (Å²) in [7, 11) is 0. The van der Waals surface area contributed by atoms with E-state index in [4.69, 9.17) is 18.9 Å². The molecule has 1 heterocycles. The van der Waals surface area contributed by atoms with Crippen LogP contribution >= 0.6 is 0 Å². The topological polar surface area (TPSA) is 77.4 Å². The Kier molecular flexibility index (Phi) is 17.4. The van der Waals surface area contributed by atoms with Gasteiger partial charge in [-0.3, -0.25) is 0 Å². The number of unbranched alkanes of at least 4 members (excludes halogenated alkanes) is 2. The van der Waals surface area contributed by atoms with Crippen molar-refractivity contribution in [2.45, 2.75) is 98.9 Å². The Morgan fingerprint density at radius 1 is 0.643 bits per heavy atom. The second-order valence-corrected chi connectivity index (χ2v) is 14.8. The molecule has 6 nitrogen and oxygen atoms in total. The molecule has 0 aromatic heterocycles. The van der Waals surface area contributed by atoms with Crippen LogP contribution in [-0.2, 0) is 38.8 Å². The Morgan fingerprint density at radius 2 is 1.10 bits per heavy atom. The predicted molar refractivity (Wildman–Crippen MR) is 168 cm³/mol. The zero-order valence-corrected chi connectivity index (χ0v) is 28.0. The number of benzene rings is 3. The van der Waals surface area contributed by atoms with Crippen molar-refractivity contribution >= 4 is 21.1 Å². The quantitative estimate of drug-likeness (QED) is 0.131. The molecule has 0 amide bonds. The average Bonchev–Trinajstić information content (AvgIpc) is 3.03. The summed E-state index contributed by atoms with van der Waals surface area (Å²) in [5.74, 6) is 0. The fourth-order valence-corrected chi connectivity index (χ4v) is 8.72. The first-order valence-corrected chi connectivity index (χ1v) is 19.3. The Labute approximate surface area is 262 Å². The van der Waals surface area contributed by atoms with Crippen LogP contribution in [0.15, 0.2) is 91.0 Å². The van der Waals surface area contributed by atoms with Crippen molar-refractivity contribution in [2.75, 3.05) is 6.61 Å². The number of aliphatic hydroxyl groups is 2. The molecule has 1 aliphatic rings. The smallest absolute Gasteiger partial charge is 0.184 e. The van der Waals surface area contributed by atoms with Gasteiger partial charge in [-0.25, -0.2) is 0 Å². The first kappa shape index (κ1) is 34.7. The molecule has 3 aromatic carbocycles. The Balaban J connectivity index is 0.000000467. The molecule has 3 aromatic rings. The van der Waals surface area contributed by atoms with E-state index in [9.17, 15) is 10.2 Å². The zero-order valence-electron chi connectivity index (χ0n) is 25.1. The van der Waals surface area contributed by atoms with E-state index in [1.165, 1.54) is 25.7 Å². The van der Waals surface area contributed by atoms with E-state index in [1.807, 2.05) is 91.0 Å². The molecule has 42 heavy (non-hydrogen) atoms. The fourth-order valence-electron chi connectivity index (χ4n) is 4.56. The minimum Gasteiger partial charge on any atom is -0.385 e. The Hall–Kier alpha value is -1.78. The van der Waals surface area contributed by atoms with Gasteiger partial charge in [0.1, 0.15) is 24.4 Å². The van der Waals surface area contributed by atoms with Crippen LogP contribution in [0, 0.1) is 0 Å². The van der Waals surface area contributed by atoms with Gasteiger partial charge in [0.2, 0.25) is 0 Å². The largest absolute Gasteiger partial charge is 0.385 e. The van der Waals surface area contributed by atoms with Crippen LogP contribution in [0.5, 0.6) is 0 Å². The Morgan fingerprint density at radius 3 is 1.57 bits per heavy atom. The third kappa shape index (κ3) is 12.8. The van der Waals surface area contributed by atoms with E-state index < -0.39 is 30.7 Å². The van der Waals surface area contributed by atoms with Gasteiger partial charge in [-0.1, -0.05) is 91.0 Å². The van der Waals surface area contributed by atoms with Crippen LogP contribution in [0.25, 0.3) is 0 Å². The monoisotopic (exact) mass is 684 g/mol. The summed E-state index contributed by atoms with van der Waals surface area (Å²) in [5.41, 5.74) is 2.99. The number of hydrogen-bond donors (Lipinski definition) is 2. The second kappa shape index (κ2) is 21.0. The van der Waals surface area contributed by atoms with Gasteiger partial charge >= 0.3 is 69.5 Å². The summed E-state index contributed by atoms with van der Waals surface area (Å²) < 4.78 is 27.1. The van der Waals surface area contributed by atoms with Crippen LogP contribution in [0.1, 0.15) is 56.2 Å². The van der Waals surface area contributed by atoms with Crippen molar-refractivity contribution in [3.8, 4) is 0 Å². The first-order chi connectivity index (χ1) is 20.6. The summed E-state index contributed by atoms with van der Waals surface area (Å²) in [6.45, 7) is 5.76. The summed E-state index contributed by atoms with van der Waals surface area (Å²) in [6.07, 6.45) is 1.15. The summed E-state index contributed by atoms with van der Waals surface area (Å²) in [5, 5.41) is 21.1. The minimum atomic E-state index is -1.40. The molecule has 0 aliphatic carbocycles. The van der Waals surface area contributed by atoms with E-state index in [1.54, 1.807) is 8.87 Å². The molecule has 1 saturated heterocycles. The van der Waals surface area contributed by atoms with Crippen LogP contribution in [0.3, 0.4) is 0 Å². The van der Waals surface area contributed by atoms with E-state index in [0.29, 0.717) is 13.2 Å². The van der Waals surface area contributed by atoms with E-state index in [0.717, 1.165) is 16.7 Å². The van der Waals surface area contributed by atoms with Gasteiger partial charge in [0.15, 0.2) is 6.29 Å². The summed E-state index contributed by atoms with van der Waals surface area (Å²) in [4.78, 5) is 0. The summed E-state index contributed by atoms with van der Waals surface area (Å²) >= 11 is 0.149. The zero-order chi connectivity index (χ0) is 29.8. The maximum atomic E-state index is 10.7. The number of ether oxygens (including phenoxy) is 4. The molecule has 0 unspecified atom stereocenters. The van der Waals surface area contributed by atoms with Crippen molar-refractivity contribution in [3.63, 3.8) is 0 Å². The number of aliphatic hydroxyl groups excluding tert-OH is 2. The second-order valence-electron chi connectivity index (χ2n) is 10.5. The molecule has 0 bridgehead atoms. The summed E-state index contributed by atoms with van der Waals surface area (Å²) in [6, 6.07) is 29.3. The molecule has 1 aliphatic heterocycles. The van der Waals surface area contributed by atoms with E-state index >= 15 is 0 Å². The predicted octanol–water partition coefficient (Wildman–Crippen LogP) is 6.58. The van der Waals surface area contributed by atoms with Crippen molar-refractivity contribution in [3.05, 3.63) is 108 Å². The molecule has 5 atom stereocenters. The van der Waals surface area contributed by atoms with Gasteiger partial charge in [-0.05, 0) is 16.7 Å². The minimum absolute atomic E-state index is 0.149. The average molecular weight is 683 g/mol. The van der Waals surface area contributed by atoms with Crippen LogP contribution < -0.4 is 0 Å². The normalized spacial score (nSPS) is 21.9. The van der Waals surface area contributed by atoms with Gasteiger partial charge in [0, 0.05) is 0 Å². The molecular formula is C35H48O6Sn. The van der Waals surface area contributed by atoms with Crippen molar-refractivity contribution < 1.29 is 29.2 Å². The van der Waals surface area contributed by atoms with Gasteiger partial charge in [-0.15, -0.1) is 0 Å². The van der Waals surface area contributed by atoms with Crippen molar-refractivity contribution in [1.29, 1.82) is 0 Å². The van der Waals surface area contributed by atoms with Crippen molar-refractivity contribution in [1.82, 2.24) is 0 Å². The molecule has 2 radical (unpaired) electrons. The maximum Gasteiger partial charge on any atom is 0.184 e. The molecule has 228 valence electrons. The van der Waals surface area contributed by atoms with Crippen LogP contribution in [0.2, 0.25) is 8.87 Å². The van der Waals surface area contributed by atoms with E-state index in [-0.39, 0.29) is 34.4 Å². The first-order valence-electron chi connectivity index (χ1n) is 15.3. The van der Waals surface area contributed by atoms with E-state index in [2.05, 4.69) is 13.8 Å². The van der Waals surface area contributed by atoms with Crippen LogP contribution in [-0.4, -0.2) is 68.7 Å². The SMILES string of the molecule is CCC[CH2][Sn][CH2]CCC.O[C@H]1[C@@H](OCc2ccccc2)[C@H](OCc2ccccc2)[C@@H](COCc2ccccc2)O[C@H]1O. The molecular weight excluding hydrogens is 635 g/mol. The van der Waals surface area contributed by atoms with Gasteiger partial charge < -0.3 is 29.2 Å². The molecule has 1 fully saturated rings. The molecule has 0 saturated carbocycles. The number of rotatable bonds is 16. The van der Waals surface area contributed by atoms with Gasteiger partial charge in [-0.2, -0.15) is 0 Å². The molecule has 7 heteroatoms. The Bertz CT molecular complexity index is 1050. The molecule has 4 rings (SSSR count). The van der Waals surface area contributed by atoms with Gasteiger partial charge in [0.05, 0.1) is 26.4 Å². The molecule has 0 spiro atoms. The number of hydrogen-bond acceptors (Lipinski definition) is 6. The molecule has 2 N–H and O–H groups in total. The maximum absolute atomic E-state index is 10.7. The third-order valence-electron chi connectivity index (χ3n) is 7.01. The van der Waals surface area contributed by atoms with Crippen LogP contribution in [0.4, 0.5) is 0 Å². The van der Waals surface area contributed by atoms with Gasteiger partial charge in [0.25, 0.3) is 0 Å². The standard InChI is InChI=1S/C27H30O6.2C4H9.Sn/c28-24-26(32-18-22-14-8-3-9-15-22)25(31-17-21-12-6-2-7-13-21)23(33-27(24)29)19-30-16-20-10-4-1-5-11-20;2*1-3-4-2;/h1-15,23-29H,16-19H2;2*1,3-4H2,2H3;/t23-,24+,25-,26-,27-;;;/m1.../s1. The third-order valence-corrected chi connectivity index (χ3v) is 11.0.